The van der Waals surface area contributed by atoms with Gasteiger partial charge in [0.1, 0.15) is 5.82 Å². The highest BCUT2D eigenvalue weighted by atomic mass is 32.2. The molecular weight excluding hydrogens is 233 g/mol. The van der Waals surface area contributed by atoms with E-state index in [0.29, 0.717) is 17.2 Å². The van der Waals surface area contributed by atoms with Gasteiger partial charge in [0.05, 0.1) is 0 Å². The van der Waals surface area contributed by atoms with Gasteiger partial charge in [-0.2, -0.15) is 0 Å². The Morgan fingerprint density at radius 3 is 2.82 bits per heavy atom. The molecule has 0 aromatic heterocycles. The van der Waals surface area contributed by atoms with E-state index in [9.17, 15) is 4.39 Å². The first-order valence-electron chi connectivity index (χ1n) is 6.37. The first kappa shape index (κ1) is 12.9. The summed E-state index contributed by atoms with van der Waals surface area (Å²) in [5, 5.41) is 4.06. The van der Waals surface area contributed by atoms with Crippen molar-refractivity contribution in [3.8, 4) is 0 Å². The fourth-order valence-electron chi connectivity index (χ4n) is 2.55. The lowest BCUT2D eigenvalue weighted by Gasteiger charge is -2.21. The molecule has 1 aromatic carbocycles. The Kier molecular flexibility index (Phi) is 4.46. The molecule has 1 aliphatic rings. The zero-order chi connectivity index (χ0) is 12.3. The smallest absolute Gasteiger partial charge is 0.136 e. The molecule has 0 aliphatic heterocycles. The van der Waals surface area contributed by atoms with Gasteiger partial charge in [0.2, 0.25) is 0 Å². The molecule has 1 nitrogen and oxygen atoms in total. The van der Waals surface area contributed by atoms with Crippen LogP contribution in [0.2, 0.25) is 0 Å². The largest absolute Gasteiger partial charge is 0.314 e. The fraction of sp³-hybridized carbons (Fsp3) is 0.571. The van der Waals surface area contributed by atoms with E-state index in [1.54, 1.807) is 23.9 Å². The van der Waals surface area contributed by atoms with E-state index in [-0.39, 0.29) is 5.82 Å². The van der Waals surface area contributed by atoms with Gasteiger partial charge in [0.15, 0.2) is 0 Å². The summed E-state index contributed by atoms with van der Waals surface area (Å²) in [5.74, 6) is 0.524. The van der Waals surface area contributed by atoms with Gasteiger partial charge in [-0.3, -0.25) is 0 Å². The van der Waals surface area contributed by atoms with Gasteiger partial charge in [-0.1, -0.05) is 26.0 Å². The summed E-state index contributed by atoms with van der Waals surface area (Å²) in [6.07, 6.45) is 2.39. The third-order valence-electron chi connectivity index (χ3n) is 3.56. The molecule has 1 N–H and O–H groups in total. The molecule has 0 heterocycles. The average Bonchev–Trinajstić information content (AvgIpc) is 2.65. The Bertz CT molecular complexity index is 369. The van der Waals surface area contributed by atoms with Crippen molar-refractivity contribution in [2.75, 3.05) is 6.54 Å². The van der Waals surface area contributed by atoms with Crippen LogP contribution in [0.25, 0.3) is 0 Å². The number of nitrogens with one attached hydrogen (secondary N) is 1. The van der Waals surface area contributed by atoms with Crippen molar-refractivity contribution in [1.82, 2.24) is 5.32 Å². The van der Waals surface area contributed by atoms with Crippen LogP contribution in [0.5, 0.6) is 0 Å². The highest BCUT2D eigenvalue weighted by Crippen LogP contribution is 2.39. The maximum atomic E-state index is 13.6. The molecule has 17 heavy (non-hydrogen) atoms. The topological polar surface area (TPSA) is 12.0 Å². The SMILES string of the molecule is CCNC1CCC(Sc2ccccc2F)C1C. The zero-order valence-electron chi connectivity index (χ0n) is 10.4. The van der Waals surface area contributed by atoms with E-state index >= 15 is 0 Å². The maximum absolute atomic E-state index is 13.6. The Balaban J connectivity index is 1.99. The standard InChI is InChI=1S/C14H20FNS/c1-3-16-12-8-9-13(10(12)2)17-14-7-5-4-6-11(14)15/h4-7,10,12-13,16H,3,8-9H2,1-2H3. The third-order valence-corrected chi connectivity index (χ3v) is 5.12. The number of hydrogen-bond donors (Lipinski definition) is 1. The predicted octanol–water partition coefficient (Wildman–Crippen LogP) is 3.69. The molecule has 3 unspecified atom stereocenters. The summed E-state index contributed by atoms with van der Waals surface area (Å²) in [6, 6.07) is 7.69. The maximum Gasteiger partial charge on any atom is 0.136 e. The first-order valence-corrected chi connectivity index (χ1v) is 7.25. The summed E-state index contributed by atoms with van der Waals surface area (Å²) < 4.78 is 13.6. The molecule has 0 spiro atoms. The zero-order valence-corrected chi connectivity index (χ0v) is 11.3. The van der Waals surface area contributed by atoms with Crippen molar-refractivity contribution in [3.05, 3.63) is 30.1 Å². The molecule has 0 amide bonds. The summed E-state index contributed by atoms with van der Waals surface area (Å²) in [5.41, 5.74) is 0. The van der Waals surface area contributed by atoms with Crippen molar-refractivity contribution in [2.24, 2.45) is 5.92 Å². The van der Waals surface area contributed by atoms with Crippen molar-refractivity contribution in [2.45, 2.75) is 42.9 Å². The van der Waals surface area contributed by atoms with Crippen LogP contribution in [-0.4, -0.2) is 17.8 Å². The summed E-state index contributed by atoms with van der Waals surface area (Å²) in [6.45, 7) is 5.44. The van der Waals surface area contributed by atoms with Gasteiger partial charge in [-0.05, 0) is 37.4 Å². The second-order valence-electron chi connectivity index (χ2n) is 4.69. The minimum Gasteiger partial charge on any atom is -0.314 e. The van der Waals surface area contributed by atoms with Crippen molar-refractivity contribution in [1.29, 1.82) is 0 Å². The quantitative estimate of drug-likeness (QED) is 0.878. The minimum absolute atomic E-state index is 0.0865. The highest BCUT2D eigenvalue weighted by Gasteiger charge is 2.33. The molecule has 1 aromatic rings. The Hall–Kier alpha value is -0.540. The molecule has 94 valence electrons. The Morgan fingerprint density at radius 1 is 1.35 bits per heavy atom. The van der Waals surface area contributed by atoms with Crippen LogP contribution in [0.15, 0.2) is 29.2 Å². The van der Waals surface area contributed by atoms with Crippen LogP contribution in [-0.2, 0) is 0 Å². The van der Waals surface area contributed by atoms with Gasteiger partial charge in [0, 0.05) is 16.2 Å². The van der Waals surface area contributed by atoms with Crippen molar-refractivity contribution in [3.63, 3.8) is 0 Å². The third kappa shape index (κ3) is 3.02. The van der Waals surface area contributed by atoms with Crippen LogP contribution >= 0.6 is 11.8 Å². The molecule has 3 heteroatoms. The molecule has 1 saturated carbocycles. The predicted molar refractivity (Wildman–Crippen MR) is 71.9 cm³/mol. The van der Waals surface area contributed by atoms with Crippen molar-refractivity contribution >= 4 is 11.8 Å². The number of thioether (sulfide) groups is 1. The number of benzene rings is 1. The number of rotatable bonds is 4. The van der Waals surface area contributed by atoms with E-state index in [4.69, 9.17) is 0 Å². The van der Waals surface area contributed by atoms with E-state index < -0.39 is 0 Å². The summed E-state index contributed by atoms with van der Waals surface area (Å²) in [7, 11) is 0. The fourth-order valence-corrected chi connectivity index (χ4v) is 3.87. The molecule has 1 aliphatic carbocycles. The molecule has 0 radical (unpaired) electrons. The number of halogens is 1. The summed E-state index contributed by atoms with van der Waals surface area (Å²) >= 11 is 1.70. The Morgan fingerprint density at radius 2 is 2.12 bits per heavy atom. The summed E-state index contributed by atoms with van der Waals surface area (Å²) in [4.78, 5) is 0.793. The van der Waals surface area contributed by atoms with Crippen LogP contribution in [0.1, 0.15) is 26.7 Å². The normalized spacial score (nSPS) is 28.5. The van der Waals surface area contributed by atoms with E-state index in [2.05, 4.69) is 19.2 Å². The van der Waals surface area contributed by atoms with Crippen LogP contribution in [0, 0.1) is 11.7 Å². The lowest BCUT2D eigenvalue weighted by molar-refractivity contribution is 0.441. The van der Waals surface area contributed by atoms with Crippen molar-refractivity contribution < 1.29 is 4.39 Å². The molecular formula is C14H20FNS. The van der Waals surface area contributed by atoms with E-state index in [1.165, 1.54) is 12.8 Å². The molecule has 0 saturated heterocycles. The number of hydrogen-bond acceptors (Lipinski definition) is 2. The molecule has 1 fully saturated rings. The minimum atomic E-state index is -0.0865. The lowest BCUT2D eigenvalue weighted by atomic mass is 10.1. The van der Waals surface area contributed by atoms with Gasteiger partial charge in [0.25, 0.3) is 0 Å². The molecule has 0 bridgehead atoms. The van der Waals surface area contributed by atoms with E-state index in [0.717, 1.165) is 11.4 Å². The Labute approximate surface area is 107 Å². The monoisotopic (exact) mass is 253 g/mol. The van der Waals surface area contributed by atoms with Crippen LogP contribution in [0.4, 0.5) is 4.39 Å². The second kappa shape index (κ2) is 5.87. The van der Waals surface area contributed by atoms with Crippen LogP contribution < -0.4 is 5.32 Å². The van der Waals surface area contributed by atoms with Gasteiger partial charge in [-0.15, -0.1) is 11.8 Å². The van der Waals surface area contributed by atoms with Gasteiger partial charge in [-0.25, -0.2) is 4.39 Å². The second-order valence-corrected chi connectivity index (χ2v) is 5.97. The molecule has 2 rings (SSSR count). The van der Waals surface area contributed by atoms with Gasteiger partial charge < -0.3 is 5.32 Å². The first-order chi connectivity index (χ1) is 8.22. The van der Waals surface area contributed by atoms with Crippen LogP contribution in [0.3, 0.4) is 0 Å². The molecule has 3 atom stereocenters. The lowest BCUT2D eigenvalue weighted by Crippen LogP contribution is -2.33. The average molecular weight is 253 g/mol. The highest BCUT2D eigenvalue weighted by molar-refractivity contribution is 8.00. The van der Waals surface area contributed by atoms with Gasteiger partial charge >= 0.3 is 0 Å². The van der Waals surface area contributed by atoms with E-state index in [1.807, 2.05) is 12.1 Å².